The number of aromatic nitrogens is 2. The Morgan fingerprint density at radius 1 is 1.50 bits per heavy atom. The molecule has 0 aliphatic rings. The number of nitrogens with one attached hydrogen (secondary N) is 1. The molecule has 78 valence electrons. The lowest BCUT2D eigenvalue weighted by Gasteiger charge is -2.14. The van der Waals surface area contributed by atoms with Crippen molar-refractivity contribution in [2.45, 2.75) is 26.1 Å². The molecular weight excluding hydrogens is 186 g/mol. The SMILES string of the molecule is Cc1n[nH]c(C)c1C(O)C(O)C(N)=O. The van der Waals surface area contributed by atoms with Crippen molar-refractivity contribution in [1.29, 1.82) is 0 Å². The average Bonchev–Trinajstić information content (AvgIpc) is 2.44. The first-order valence-electron chi connectivity index (χ1n) is 4.12. The van der Waals surface area contributed by atoms with Crippen LogP contribution in [0.4, 0.5) is 0 Å². The second kappa shape index (κ2) is 3.77. The molecule has 14 heavy (non-hydrogen) atoms. The Morgan fingerprint density at radius 2 is 2.07 bits per heavy atom. The van der Waals surface area contributed by atoms with Crippen LogP contribution in [0.1, 0.15) is 23.1 Å². The molecule has 2 unspecified atom stereocenters. The van der Waals surface area contributed by atoms with Crippen molar-refractivity contribution in [1.82, 2.24) is 10.2 Å². The van der Waals surface area contributed by atoms with Crippen LogP contribution >= 0.6 is 0 Å². The van der Waals surface area contributed by atoms with Gasteiger partial charge in [0.25, 0.3) is 0 Å². The van der Waals surface area contributed by atoms with Gasteiger partial charge in [0.05, 0.1) is 5.69 Å². The van der Waals surface area contributed by atoms with Gasteiger partial charge in [-0.15, -0.1) is 0 Å². The number of carbonyl (C=O) groups excluding carboxylic acids is 1. The summed E-state index contributed by atoms with van der Waals surface area (Å²) in [4.78, 5) is 10.6. The monoisotopic (exact) mass is 199 g/mol. The minimum absolute atomic E-state index is 0.413. The molecule has 1 aromatic heterocycles. The third kappa shape index (κ3) is 1.75. The lowest BCUT2D eigenvalue weighted by Crippen LogP contribution is -2.34. The van der Waals surface area contributed by atoms with Crippen molar-refractivity contribution < 1.29 is 15.0 Å². The Labute approximate surface area is 80.7 Å². The summed E-state index contributed by atoms with van der Waals surface area (Å²) in [5.41, 5.74) is 6.42. The normalized spacial score (nSPS) is 15.1. The highest BCUT2D eigenvalue weighted by atomic mass is 16.3. The van der Waals surface area contributed by atoms with E-state index in [1.807, 2.05) is 0 Å². The van der Waals surface area contributed by atoms with E-state index < -0.39 is 18.1 Å². The summed E-state index contributed by atoms with van der Waals surface area (Å²) >= 11 is 0. The second-order valence-corrected chi connectivity index (χ2v) is 3.14. The van der Waals surface area contributed by atoms with Gasteiger partial charge in [-0.1, -0.05) is 0 Å². The molecule has 1 amide bonds. The third-order valence-electron chi connectivity index (χ3n) is 2.07. The van der Waals surface area contributed by atoms with E-state index in [9.17, 15) is 15.0 Å². The number of aromatic amines is 1. The number of primary amides is 1. The van der Waals surface area contributed by atoms with Crippen LogP contribution < -0.4 is 5.73 Å². The fourth-order valence-corrected chi connectivity index (χ4v) is 1.31. The predicted octanol–water partition coefficient (Wildman–Crippen LogP) is -1.09. The van der Waals surface area contributed by atoms with Crippen LogP contribution in [0.2, 0.25) is 0 Å². The van der Waals surface area contributed by atoms with Crippen molar-refractivity contribution in [2.24, 2.45) is 5.73 Å². The van der Waals surface area contributed by atoms with Crippen LogP contribution in [-0.2, 0) is 4.79 Å². The van der Waals surface area contributed by atoms with Crippen LogP contribution in [-0.4, -0.2) is 32.4 Å². The van der Waals surface area contributed by atoms with E-state index >= 15 is 0 Å². The number of H-pyrrole nitrogens is 1. The van der Waals surface area contributed by atoms with Gasteiger partial charge >= 0.3 is 0 Å². The van der Waals surface area contributed by atoms with Gasteiger partial charge in [0.1, 0.15) is 6.10 Å². The van der Waals surface area contributed by atoms with Gasteiger partial charge in [-0.3, -0.25) is 9.89 Å². The van der Waals surface area contributed by atoms with Crippen molar-refractivity contribution >= 4 is 5.91 Å². The van der Waals surface area contributed by atoms with Gasteiger partial charge in [0.2, 0.25) is 5.91 Å². The van der Waals surface area contributed by atoms with E-state index in [0.717, 1.165) is 0 Å². The van der Waals surface area contributed by atoms with E-state index in [1.54, 1.807) is 13.8 Å². The fourth-order valence-electron chi connectivity index (χ4n) is 1.31. The summed E-state index contributed by atoms with van der Waals surface area (Å²) in [5.74, 6) is -0.961. The number of nitrogens with zero attached hydrogens (tertiary/aromatic N) is 1. The molecule has 2 atom stereocenters. The van der Waals surface area contributed by atoms with Gasteiger partial charge in [-0.05, 0) is 13.8 Å². The van der Waals surface area contributed by atoms with Crippen LogP contribution in [0, 0.1) is 13.8 Å². The number of rotatable bonds is 3. The smallest absolute Gasteiger partial charge is 0.249 e. The summed E-state index contributed by atoms with van der Waals surface area (Å²) in [6, 6.07) is 0. The van der Waals surface area contributed by atoms with Gasteiger partial charge in [0, 0.05) is 11.3 Å². The highest BCUT2D eigenvalue weighted by molar-refractivity contribution is 5.79. The number of hydrogen-bond acceptors (Lipinski definition) is 4. The molecule has 6 heteroatoms. The molecule has 0 bridgehead atoms. The van der Waals surface area contributed by atoms with Crippen molar-refractivity contribution in [2.75, 3.05) is 0 Å². The van der Waals surface area contributed by atoms with Crippen molar-refractivity contribution in [3.8, 4) is 0 Å². The van der Waals surface area contributed by atoms with Crippen LogP contribution in [0.15, 0.2) is 0 Å². The number of aliphatic hydroxyl groups excluding tert-OH is 2. The first-order chi connectivity index (χ1) is 6.45. The highest BCUT2D eigenvalue weighted by Gasteiger charge is 2.27. The Morgan fingerprint density at radius 3 is 2.43 bits per heavy atom. The summed E-state index contributed by atoms with van der Waals surface area (Å²) in [6.45, 7) is 3.35. The lowest BCUT2D eigenvalue weighted by molar-refractivity contribution is -0.132. The summed E-state index contributed by atoms with van der Waals surface area (Å²) < 4.78 is 0. The zero-order valence-electron chi connectivity index (χ0n) is 7.98. The average molecular weight is 199 g/mol. The molecule has 0 fully saturated rings. The Kier molecular flexibility index (Phi) is 2.87. The molecule has 6 nitrogen and oxygen atoms in total. The maximum atomic E-state index is 10.6. The van der Waals surface area contributed by atoms with E-state index in [4.69, 9.17) is 5.73 Å². The number of hydrogen-bond donors (Lipinski definition) is 4. The van der Waals surface area contributed by atoms with Gasteiger partial charge in [0.15, 0.2) is 6.10 Å². The van der Waals surface area contributed by atoms with E-state index in [1.165, 1.54) is 0 Å². The molecule has 1 aromatic rings. The molecule has 0 spiro atoms. The van der Waals surface area contributed by atoms with E-state index in [0.29, 0.717) is 17.0 Å². The van der Waals surface area contributed by atoms with Crippen LogP contribution in [0.3, 0.4) is 0 Å². The molecular formula is C8H13N3O3. The summed E-state index contributed by atoms with van der Waals surface area (Å²) in [7, 11) is 0. The molecule has 1 rings (SSSR count). The molecule has 0 aliphatic heterocycles. The first-order valence-corrected chi connectivity index (χ1v) is 4.12. The van der Waals surface area contributed by atoms with Gasteiger partial charge in [-0.25, -0.2) is 0 Å². The maximum Gasteiger partial charge on any atom is 0.249 e. The molecule has 0 aromatic carbocycles. The zero-order chi connectivity index (χ0) is 10.9. The van der Waals surface area contributed by atoms with Gasteiger partial charge in [-0.2, -0.15) is 5.10 Å². The molecule has 0 radical (unpaired) electrons. The first kappa shape index (κ1) is 10.7. The minimum atomic E-state index is -1.61. The Hall–Kier alpha value is -1.40. The molecule has 0 aliphatic carbocycles. The summed E-state index contributed by atoms with van der Waals surface area (Å²) in [5, 5.41) is 25.3. The van der Waals surface area contributed by atoms with Crippen LogP contribution in [0.25, 0.3) is 0 Å². The quantitative estimate of drug-likeness (QED) is 0.495. The molecule has 1 heterocycles. The second-order valence-electron chi connectivity index (χ2n) is 3.14. The van der Waals surface area contributed by atoms with E-state index in [2.05, 4.69) is 10.2 Å². The predicted molar refractivity (Wildman–Crippen MR) is 48.2 cm³/mol. The third-order valence-corrected chi connectivity index (χ3v) is 2.07. The van der Waals surface area contributed by atoms with E-state index in [-0.39, 0.29) is 0 Å². The zero-order valence-corrected chi connectivity index (χ0v) is 7.98. The van der Waals surface area contributed by atoms with Gasteiger partial charge < -0.3 is 15.9 Å². The number of aliphatic hydroxyl groups is 2. The lowest BCUT2D eigenvalue weighted by atomic mass is 10.0. The number of amides is 1. The fraction of sp³-hybridized carbons (Fsp3) is 0.500. The molecule has 0 saturated carbocycles. The largest absolute Gasteiger partial charge is 0.385 e. The Balaban J connectivity index is 2.99. The van der Waals surface area contributed by atoms with Crippen molar-refractivity contribution in [3.63, 3.8) is 0 Å². The Bertz CT molecular complexity index is 328. The van der Waals surface area contributed by atoms with Crippen LogP contribution in [0.5, 0.6) is 0 Å². The molecule has 5 N–H and O–H groups in total. The number of aryl methyl sites for hydroxylation is 2. The maximum absolute atomic E-state index is 10.6. The molecule has 0 saturated heterocycles. The number of nitrogens with two attached hydrogens (primary N) is 1. The minimum Gasteiger partial charge on any atom is -0.385 e. The van der Waals surface area contributed by atoms with Crippen molar-refractivity contribution in [3.05, 3.63) is 17.0 Å². The highest BCUT2D eigenvalue weighted by Crippen LogP contribution is 2.22. The summed E-state index contributed by atoms with van der Waals surface area (Å²) in [6.07, 6.45) is -2.93. The topological polar surface area (TPSA) is 112 Å². The standard InChI is InChI=1S/C8H13N3O3/c1-3-5(4(2)11-10-3)6(12)7(13)8(9)14/h6-7,12-13H,1-2H3,(H2,9,14)(H,10,11). The number of carbonyl (C=O) groups is 1.